The molecule has 0 spiro atoms. The summed E-state index contributed by atoms with van der Waals surface area (Å²) in [6.45, 7) is 2.38. The van der Waals surface area contributed by atoms with Gasteiger partial charge in [0.25, 0.3) is 0 Å². The number of phenolic OH excluding ortho intramolecular Hbond substituents is 1. The molecule has 2 N–H and O–H groups in total. The number of benzene rings is 2. The Morgan fingerprint density at radius 2 is 2.05 bits per heavy atom. The van der Waals surface area contributed by atoms with Crippen LogP contribution in [-0.2, 0) is 0 Å². The largest absolute Gasteiger partial charge is 0.504 e. The van der Waals surface area contributed by atoms with Crippen molar-refractivity contribution in [2.45, 2.75) is 6.92 Å². The topological polar surface area (TPSA) is 53.8 Å². The van der Waals surface area contributed by atoms with Crippen LogP contribution in [0.5, 0.6) is 11.5 Å². The third-order valence-corrected chi connectivity index (χ3v) is 3.95. The first-order valence-electron chi connectivity index (χ1n) is 6.30. The van der Waals surface area contributed by atoms with Crippen molar-refractivity contribution in [2.24, 2.45) is 5.10 Å². The monoisotopic (exact) mass is 460 g/mol. The maximum absolute atomic E-state index is 9.89. The van der Waals surface area contributed by atoms with Crippen LogP contribution in [0, 0.1) is 3.57 Å². The zero-order chi connectivity index (χ0) is 15.2. The molecule has 0 aliphatic carbocycles. The van der Waals surface area contributed by atoms with Gasteiger partial charge in [-0.05, 0) is 71.5 Å². The van der Waals surface area contributed by atoms with E-state index in [0.717, 1.165) is 19.3 Å². The van der Waals surface area contributed by atoms with Crippen LogP contribution in [-0.4, -0.2) is 17.9 Å². The van der Waals surface area contributed by atoms with Gasteiger partial charge >= 0.3 is 0 Å². The summed E-state index contributed by atoms with van der Waals surface area (Å²) in [6, 6.07) is 11.3. The Morgan fingerprint density at radius 3 is 2.71 bits per heavy atom. The highest BCUT2D eigenvalue weighted by atomic mass is 127. The second-order valence-electron chi connectivity index (χ2n) is 4.16. The van der Waals surface area contributed by atoms with Crippen LogP contribution < -0.4 is 10.2 Å². The summed E-state index contributed by atoms with van der Waals surface area (Å²) in [5.41, 5.74) is 4.70. The minimum atomic E-state index is 0.162. The summed E-state index contributed by atoms with van der Waals surface area (Å²) in [5, 5.41) is 14.1. The van der Waals surface area contributed by atoms with Gasteiger partial charge in [-0.25, -0.2) is 0 Å². The van der Waals surface area contributed by atoms with Crippen molar-refractivity contribution < 1.29 is 9.84 Å². The lowest BCUT2D eigenvalue weighted by Crippen LogP contribution is -1.96. The van der Waals surface area contributed by atoms with Gasteiger partial charge in [0.05, 0.1) is 22.1 Å². The van der Waals surface area contributed by atoms with Crippen molar-refractivity contribution >= 4 is 50.4 Å². The number of halogens is 2. The highest BCUT2D eigenvalue weighted by molar-refractivity contribution is 14.1. The number of hydrogen-bond donors (Lipinski definition) is 2. The van der Waals surface area contributed by atoms with Crippen LogP contribution in [0.2, 0.25) is 0 Å². The van der Waals surface area contributed by atoms with E-state index in [4.69, 9.17) is 4.74 Å². The molecule has 0 aliphatic rings. The Labute approximate surface area is 145 Å². The van der Waals surface area contributed by atoms with Crippen molar-refractivity contribution in [3.05, 3.63) is 50.0 Å². The standard InChI is InChI=1S/C15H14BrIN2O2/c1-2-21-14-8-10(7-13(17)15(14)20)9-18-19-12-5-3-11(16)4-6-12/h3-9,19-20H,2H2,1H3/b18-9+. The summed E-state index contributed by atoms with van der Waals surface area (Å²) in [6.07, 6.45) is 1.69. The molecule has 2 rings (SSSR count). The number of nitrogens with one attached hydrogen (secondary N) is 1. The van der Waals surface area contributed by atoms with Gasteiger partial charge in [0.2, 0.25) is 0 Å². The van der Waals surface area contributed by atoms with Crippen LogP contribution in [0.25, 0.3) is 0 Å². The van der Waals surface area contributed by atoms with Gasteiger partial charge in [0.1, 0.15) is 0 Å². The molecule has 0 saturated carbocycles. The number of aromatic hydroxyl groups is 1. The van der Waals surface area contributed by atoms with Gasteiger partial charge in [0.15, 0.2) is 11.5 Å². The Bertz CT molecular complexity index is 645. The van der Waals surface area contributed by atoms with Crippen LogP contribution in [0.4, 0.5) is 5.69 Å². The van der Waals surface area contributed by atoms with E-state index in [-0.39, 0.29) is 5.75 Å². The molecule has 0 atom stereocenters. The van der Waals surface area contributed by atoms with Crippen molar-refractivity contribution in [1.82, 2.24) is 0 Å². The molecule has 0 aromatic heterocycles. The first-order valence-corrected chi connectivity index (χ1v) is 8.17. The third-order valence-electron chi connectivity index (χ3n) is 2.60. The molecule has 0 bridgehead atoms. The number of anilines is 1. The maximum atomic E-state index is 9.89. The van der Waals surface area contributed by atoms with Crippen LogP contribution in [0.15, 0.2) is 46.0 Å². The molecule has 0 heterocycles. The lowest BCUT2D eigenvalue weighted by atomic mass is 10.2. The first-order chi connectivity index (χ1) is 10.1. The van der Waals surface area contributed by atoms with E-state index in [1.165, 1.54) is 0 Å². The van der Waals surface area contributed by atoms with Gasteiger partial charge in [-0.2, -0.15) is 5.10 Å². The number of phenols is 1. The molecule has 110 valence electrons. The van der Waals surface area contributed by atoms with Gasteiger partial charge in [-0.15, -0.1) is 0 Å². The fraction of sp³-hybridized carbons (Fsp3) is 0.133. The Balaban J connectivity index is 2.11. The van der Waals surface area contributed by atoms with Gasteiger partial charge in [-0.1, -0.05) is 15.9 Å². The van der Waals surface area contributed by atoms with E-state index < -0.39 is 0 Å². The van der Waals surface area contributed by atoms with E-state index in [2.05, 4.69) is 49.0 Å². The zero-order valence-electron chi connectivity index (χ0n) is 11.3. The minimum Gasteiger partial charge on any atom is -0.504 e. The SMILES string of the molecule is CCOc1cc(/C=N/Nc2ccc(Br)cc2)cc(I)c1O. The predicted octanol–water partition coefficient (Wildman–Crippen LogP) is 4.60. The lowest BCUT2D eigenvalue weighted by Gasteiger charge is -2.08. The molecule has 4 nitrogen and oxygen atoms in total. The molecule has 0 fully saturated rings. The molecular formula is C15H14BrIN2O2. The van der Waals surface area contributed by atoms with E-state index in [0.29, 0.717) is 12.4 Å². The van der Waals surface area contributed by atoms with Crippen molar-refractivity contribution in [1.29, 1.82) is 0 Å². The van der Waals surface area contributed by atoms with Crippen molar-refractivity contribution in [3.63, 3.8) is 0 Å². The zero-order valence-corrected chi connectivity index (χ0v) is 15.1. The van der Waals surface area contributed by atoms with Gasteiger partial charge < -0.3 is 9.84 Å². The Kier molecular flexibility index (Phi) is 5.86. The molecule has 0 saturated heterocycles. The highest BCUT2D eigenvalue weighted by Gasteiger charge is 2.08. The second kappa shape index (κ2) is 7.65. The quantitative estimate of drug-likeness (QED) is 0.389. The minimum absolute atomic E-state index is 0.162. The van der Waals surface area contributed by atoms with Crippen LogP contribution >= 0.6 is 38.5 Å². The highest BCUT2D eigenvalue weighted by Crippen LogP contribution is 2.32. The number of nitrogens with zero attached hydrogens (tertiary/aromatic N) is 1. The third kappa shape index (κ3) is 4.60. The molecular weight excluding hydrogens is 447 g/mol. The maximum Gasteiger partial charge on any atom is 0.171 e. The van der Waals surface area contributed by atoms with Crippen molar-refractivity contribution in [3.8, 4) is 11.5 Å². The van der Waals surface area contributed by atoms with Gasteiger partial charge in [0, 0.05) is 4.47 Å². The Morgan fingerprint density at radius 1 is 1.33 bits per heavy atom. The summed E-state index contributed by atoms with van der Waals surface area (Å²) in [5.74, 6) is 0.630. The average molecular weight is 461 g/mol. The van der Waals surface area contributed by atoms with E-state index in [1.807, 2.05) is 37.3 Å². The average Bonchev–Trinajstić information content (AvgIpc) is 2.46. The summed E-state index contributed by atoms with van der Waals surface area (Å²) in [7, 11) is 0. The normalized spacial score (nSPS) is 10.8. The fourth-order valence-electron chi connectivity index (χ4n) is 1.64. The molecule has 2 aromatic rings. The van der Waals surface area contributed by atoms with E-state index in [1.54, 1.807) is 12.3 Å². The molecule has 6 heteroatoms. The second-order valence-corrected chi connectivity index (χ2v) is 6.24. The molecule has 0 amide bonds. The first kappa shape index (κ1) is 16.1. The number of hydrazone groups is 1. The van der Waals surface area contributed by atoms with E-state index >= 15 is 0 Å². The number of rotatable bonds is 5. The van der Waals surface area contributed by atoms with E-state index in [9.17, 15) is 5.11 Å². The molecule has 0 aliphatic heterocycles. The summed E-state index contributed by atoms with van der Waals surface area (Å²) < 4.78 is 7.14. The molecule has 21 heavy (non-hydrogen) atoms. The fourth-order valence-corrected chi connectivity index (χ4v) is 2.53. The van der Waals surface area contributed by atoms with Crippen LogP contribution in [0.1, 0.15) is 12.5 Å². The number of ether oxygens (including phenoxy) is 1. The molecule has 0 radical (unpaired) electrons. The number of hydrogen-bond acceptors (Lipinski definition) is 4. The van der Waals surface area contributed by atoms with Crippen LogP contribution in [0.3, 0.4) is 0 Å². The molecule has 2 aromatic carbocycles. The summed E-state index contributed by atoms with van der Waals surface area (Å²) >= 11 is 5.45. The van der Waals surface area contributed by atoms with Gasteiger partial charge in [-0.3, -0.25) is 5.43 Å². The molecule has 0 unspecified atom stereocenters. The Hall–Kier alpha value is -1.28. The predicted molar refractivity (Wildman–Crippen MR) is 97.4 cm³/mol. The van der Waals surface area contributed by atoms with Crippen molar-refractivity contribution in [2.75, 3.05) is 12.0 Å². The summed E-state index contributed by atoms with van der Waals surface area (Å²) in [4.78, 5) is 0. The lowest BCUT2D eigenvalue weighted by molar-refractivity contribution is 0.317. The smallest absolute Gasteiger partial charge is 0.171 e.